The molecule has 5 rings (SSSR count). The van der Waals surface area contributed by atoms with E-state index in [0.29, 0.717) is 17.7 Å². The van der Waals surface area contributed by atoms with Crippen LogP contribution in [0.15, 0.2) is 36.4 Å². The van der Waals surface area contributed by atoms with Gasteiger partial charge in [-0.3, -0.25) is 0 Å². The van der Waals surface area contributed by atoms with Gasteiger partial charge in [0.1, 0.15) is 0 Å². The highest BCUT2D eigenvalue weighted by Gasteiger charge is 2.39. The summed E-state index contributed by atoms with van der Waals surface area (Å²) in [7, 11) is 0. The summed E-state index contributed by atoms with van der Waals surface area (Å²) in [5.74, 6) is 0.771. The summed E-state index contributed by atoms with van der Waals surface area (Å²) < 4.78 is 5.77. The van der Waals surface area contributed by atoms with Gasteiger partial charge in [-0.25, -0.2) is 0 Å². The molecule has 2 aliphatic rings. The third kappa shape index (κ3) is 3.06. The molecule has 6 heteroatoms. The highest BCUT2D eigenvalue weighted by molar-refractivity contribution is 5.95. The number of rotatable bonds is 4. The molecule has 3 atom stereocenters. The molecular formula is C24H25N5O. The smallest absolute Gasteiger partial charge is 0.157 e. The molecule has 3 heterocycles. The minimum atomic E-state index is -0.00152. The van der Waals surface area contributed by atoms with Crippen molar-refractivity contribution in [2.45, 2.75) is 45.4 Å². The number of anilines is 2. The number of hydrogen-bond acceptors (Lipinski definition) is 6. The number of nitrogens with one attached hydrogen (secondary N) is 1. The Morgan fingerprint density at radius 3 is 2.80 bits per heavy atom. The molecule has 1 N–H and O–H groups in total. The van der Waals surface area contributed by atoms with E-state index in [1.54, 1.807) is 0 Å². The molecule has 2 aliphatic heterocycles. The lowest BCUT2D eigenvalue weighted by molar-refractivity contribution is 0.0991. The van der Waals surface area contributed by atoms with Gasteiger partial charge in [-0.15, -0.1) is 5.10 Å². The Kier molecular flexibility index (Phi) is 4.56. The second-order valence-electron chi connectivity index (χ2n) is 8.36. The molecule has 2 saturated heterocycles. The van der Waals surface area contributed by atoms with Gasteiger partial charge in [-0.05, 0) is 56.5 Å². The number of benzene rings is 2. The predicted molar refractivity (Wildman–Crippen MR) is 118 cm³/mol. The van der Waals surface area contributed by atoms with Crippen molar-refractivity contribution >= 4 is 22.3 Å². The minimum absolute atomic E-state index is 0.00152. The van der Waals surface area contributed by atoms with Crippen LogP contribution < -0.4 is 10.2 Å². The maximum absolute atomic E-state index is 9.36. The summed E-state index contributed by atoms with van der Waals surface area (Å²) in [6.45, 7) is 7.85. The van der Waals surface area contributed by atoms with Gasteiger partial charge in [0.25, 0.3) is 0 Å². The zero-order valence-electron chi connectivity index (χ0n) is 17.5. The number of morpholine rings is 1. The van der Waals surface area contributed by atoms with E-state index in [2.05, 4.69) is 57.7 Å². The number of nitriles is 1. The van der Waals surface area contributed by atoms with Crippen molar-refractivity contribution in [3.8, 4) is 6.07 Å². The van der Waals surface area contributed by atoms with Crippen LogP contribution in [0.2, 0.25) is 0 Å². The normalized spacial score (nSPS) is 21.1. The Morgan fingerprint density at radius 1 is 1.20 bits per heavy atom. The third-order valence-electron chi connectivity index (χ3n) is 6.50. The molecule has 0 unspecified atom stereocenters. The van der Waals surface area contributed by atoms with Gasteiger partial charge in [-0.1, -0.05) is 18.2 Å². The Hall–Kier alpha value is -3.17. The number of nitrogens with zero attached hydrogens (tertiary/aromatic N) is 4. The number of hydrogen-bond donors (Lipinski definition) is 1. The van der Waals surface area contributed by atoms with Gasteiger partial charge in [-0.2, -0.15) is 10.4 Å². The highest BCUT2D eigenvalue weighted by atomic mass is 16.5. The lowest BCUT2D eigenvalue weighted by atomic mass is 9.98. The van der Waals surface area contributed by atoms with Crippen molar-refractivity contribution in [2.75, 3.05) is 23.4 Å². The van der Waals surface area contributed by atoms with E-state index in [-0.39, 0.29) is 6.04 Å². The molecule has 30 heavy (non-hydrogen) atoms. The van der Waals surface area contributed by atoms with Gasteiger partial charge in [0, 0.05) is 23.0 Å². The minimum Gasteiger partial charge on any atom is -0.374 e. The Morgan fingerprint density at radius 2 is 2.07 bits per heavy atom. The van der Waals surface area contributed by atoms with Crippen LogP contribution >= 0.6 is 0 Å². The summed E-state index contributed by atoms with van der Waals surface area (Å²) >= 11 is 0. The van der Waals surface area contributed by atoms with Gasteiger partial charge >= 0.3 is 0 Å². The summed E-state index contributed by atoms with van der Waals surface area (Å²) in [6.07, 6.45) is 1.47. The number of fused-ring (bicyclic) bond motifs is 3. The fourth-order valence-electron chi connectivity index (χ4n) is 4.80. The first-order valence-electron chi connectivity index (χ1n) is 10.5. The molecule has 2 fully saturated rings. The molecule has 6 nitrogen and oxygen atoms in total. The Balaban J connectivity index is 1.52. The zero-order valence-corrected chi connectivity index (χ0v) is 17.5. The topological polar surface area (TPSA) is 74.1 Å². The van der Waals surface area contributed by atoms with E-state index >= 15 is 0 Å². The van der Waals surface area contributed by atoms with Crippen molar-refractivity contribution < 1.29 is 4.74 Å². The lowest BCUT2D eigenvalue weighted by Gasteiger charge is -2.29. The molecule has 1 aromatic heterocycles. The molecule has 0 aliphatic carbocycles. The average Bonchev–Trinajstić information content (AvgIpc) is 3.39. The van der Waals surface area contributed by atoms with Crippen molar-refractivity contribution in [1.29, 1.82) is 5.26 Å². The van der Waals surface area contributed by atoms with Crippen LogP contribution in [0.5, 0.6) is 0 Å². The lowest BCUT2D eigenvalue weighted by Crippen LogP contribution is -2.36. The SMILES string of the molecule is Cc1c(C#N)cccc1[C@@H](C)Nc1nnc(C)c2ccc(N3C[C@H]4C[C@@H]3CO4)cc12. The Labute approximate surface area is 176 Å². The molecule has 0 spiro atoms. The predicted octanol–water partition coefficient (Wildman–Crippen LogP) is 4.27. The average molecular weight is 399 g/mol. The maximum atomic E-state index is 9.36. The van der Waals surface area contributed by atoms with Crippen LogP contribution in [0, 0.1) is 25.2 Å². The summed E-state index contributed by atoms with van der Waals surface area (Å²) in [5, 5.41) is 23.9. The number of aryl methyl sites for hydroxylation is 1. The molecule has 0 radical (unpaired) electrons. The fraction of sp³-hybridized carbons (Fsp3) is 0.375. The van der Waals surface area contributed by atoms with Crippen LogP contribution in [0.1, 0.15) is 41.8 Å². The van der Waals surface area contributed by atoms with E-state index < -0.39 is 0 Å². The first-order chi connectivity index (χ1) is 14.5. The van der Waals surface area contributed by atoms with E-state index in [9.17, 15) is 5.26 Å². The van der Waals surface area contributed by atoms with Crippen LogP contribution in [0.4, 0.5) is 11.5 Å². The van der Waals surface area contributed by atoms with E-state index in [4.69, 9.17) is 4.74 Å². The number of ether oxygens (including phenoxy) is 1. The molecule has 2 aromatic carbocycles. The molecular weight excluding hydrogens is 374 g/mol. The number of aromatic nitrogens is 2. The van der Waals surface area contributed by atoms with Crippen LogP contribution in [0.25, 0.3) is 10.8 Å². The van der Waals surface area contributed by atoms with Gasteiger partial charge in [0.15, 0.2) is 5.82 Å². The largest absolute Gasteiger partial charge is 0.374 e. The first-order valence-corrected chi connectivity index (χ1v) is 10.5. The second-order valence-corrected chi connectivity index (χ2v) is 8.36. The van der Waals surface area contributed by atoms with Crippen molar-refractivity contribution in [1.82, 2.24) is 10.2 Å². The third-order valence-corrected chi connectivity index (χ3v) is 6.50. The summed E-state index contributed by atoms with van der Waals surface area (Å²) in [5.41, 5.74) is 4.93. The summed E-state index contributed by atoms with van der Waals surface area (Å²) in [6, 6.07) is 15.1. The zero-order chi connectivity index (χ0) is 20.8. The molecule has 0 saturated carbocycles. The van der Waals surface area contributed by atoms with Crippen molar-refractivity contribution in [3.63, 3.8) is 0 Å². The van der Waals surface area contributed by atoms with Crippen LogP contribution in [0.3, 0.4) is 0 Å². The van der Waals surface area contributed by atoms with E-state index in [0.717, 1.165) is 53.0 Å². The van der Waals surface area contributed by atoms with E-state index in [1.165, 1.54) is 5.69 Å². The standard InChI is InChI=1S/C24H25N5O/c1-14-17(11-25)5-4-6-21(14)15(2)26-24-23-10-18(7-8-22(23)16(3)27-28-24)29-12-20-9-19(29)13-30-20/h4-8,10,15,19-20H,9,12-13H2,1-3H3,(H,26,28)/t15-,19-,20-/m1/s1. The first kappa shape index (κ1) is 18.8. The molecule has 2 bridgehead atoms. The van der Waals surface area contributed by atoms with Crippen molar-refractivity contribution in [2.24, 2.45) is 0 Å². The summed E-state index contributed by atoms with van der Waals surface area (Å²) in [4.78, 5) is 2.46. The molecule has 152 valence electrons. The quantitative estimate of drug-likeness (QED) is 0.706. The highest BCUT2D eigenvalue weighted by Crippen LogP contribution is 2.36. The van der Waals surface area contributed by atoms with Crippen LogP contribution in [-0.2, 0) is 4.74 Å². The van der Waals surface area contributed by atoms with Crippen molar-refractivity contribution in [3.05, 3.63) is 58.8 Å². The Bertz CT molecular complexity index is 1170. The fourth-order valence-corrected chi connectivity index (χ4v) is 4.80. The van der Waals surface area contributed by atoms with E-state index in [1.807, 2.05) is 26.0 Å². The molecule has 3 aromatic rings. The van der Waals surface area contributed by atoms with Gasteiger partial charge in [0.05, 0.1) is 42.1 Å². The molecule has 0 amide bonds. The van der Waals surface area contributed by atoms with Gasteiger partial charge in [0.2, 0.25) is 0 Å². The maximum Gasteiger partial charge on any atom is 0.157 e. The monoisotopic (exact) mass is 399 g/mol. The van der Waals surface area contributed by atoms with Gasteiger partial charge < -0.3 is 15.0 Å². The van der Waals surface area contributed by atoms with Crippen LogP contribution in [-0.4, -0.2) is 35.5 Å². The second kappa shape index (κ2) is 7.26.